The molecule has 176 valence electrons. The molecule has 3 aromatic rings. The second-order valence-corrected chi connectivity index (χ2v) is 9.73. The minimum absolute atomic E-state index is 0.127. The van der Waals surface area contributed by atoms with Gasteiger partial charge in [0.15, 0.2) is 0 Å². The summed E-state index contributed by atoms with van der Waals surface area (Å²) in [6.07, 6.45) is 0.449. The van der Waals surface area contributed by atoms with Gasteiger partial charge in [-0.05, 0) is 28.5 Å². The lowest BCUT2D eigenvalue weighted by atomic mass is 10.1. The molecule has 1 aliphatic rings. The molecule has 1 saturated heterocycles. The largest absolute Gasteiger partial charge is 0.491 e. The molecule has 1 N–H and O–H groups in total. The number of likely N-dealkylation sites (N-methyl/N-ethyl adjacent to an activating group) is 1. The zero-order chi connectivity index (χ0) is 23.3. The second kappa shape index (κ2) is 10.6. The van der Waals surface area contributed by atoms with E-state index in [0.29, 0.717) is 12.3 Å². The molecule has 1 fully saturated rings. The van der Waals surface area contributed by atoms with Crippen LogP contribution in [0.2, 0.25) is 0 Å². The summed E-state index contributed by atoms with van der Waals surface area (Å²) < 4.78 is 39.9. The lowest BCUT2D eigenvalue weighted by molar-refractivity contribution is -0.0727. The maximum atomic E-state index is 11.5. The van der Waals surface area contributed by atoms with Gasteiger partial charge in [0.25, 0.3) is 10.1 Å². The third-order valence-corrected chi connectivity index (χ3v) is 6.00. The number of fused-ring (bicyclic) bond motifs is 1. The number of benzene rings is 3. The third-order valence-electron chi connectivity index (χ3n) is 5.44. The van der Waals surface area contributed by atoms with Crippen molar-refractivity contribution in [2.24, 2.45) is 0 Å². The number of nitrogens with zero attached hydrogens (tertiary/aromatic N) is 2. The van der Waals surface area contributed by atoms with Crippen LogP contribution < -0.4 is 10.3 Å². The highest BCUT2D eigenvalue weighted by atomic mass is 32.2. The SMILES string of the molecule is CN1NN(COC(COc2ccc3ccccc3c2)COS(C)(=O)=O)CC1c1ccccc1. The van der Waals surface area contributed by atoms with Crippen LogP contribution >= 0.6 is 0 Å². The highest BCUT2D eigenvalue weighted by Crippen LogP contribution is 2.24. The van der Waals surface area contributed by atoms with Crippen LogP contribution in [0.5, 0.6) is 5.75 Å². The molecule has 3 aromatic carbocycles. The highest BCUT2D eigenvalue weighted by Gasteiger charge is 2.29. The standard InChI is InChI=1S/C24H29N3O5S/c1-26-24(20-9-4-3-5-10-20)15-27(25-26)18-31-23(17-32-33(2,28)29)16-30-22-13-12-19-8-6-7-11-21(19)14-22/h3-14,23-25H,15-18H2,1-2H3. The van der Waals surface area contributed by atoms with Crippen molar-refractivity contribution in [2.75, 3.05) is 39.8 Å². The van der Waals surface area contributed by atoms with E-state index >= 15 is 0 Å². The Bertz CT molecular complexity index is 1160. The first-order valence-corrected chi connectivity index (χ1v) is 12.6. The fourth-order valence-electron chi connectivity index (χ4n) is 3.74. The number of hydrogen-bond donors (Lipinski definition) is 1. The molecule has 0 bridgehead atoms. The van der Waals surface area contributed by atoms with Crippen LogP contribution in [-0.4, -0.2) is 64.3 Å². The maximum Gasteiger partial charge on any atom is 0.264 e. The number of hydrogen-bond acceptors (Lipinski definition) is 8. The topological polar surface area (TPSA) is 80.3 Å². The van der Waals surface area contributed by atoms with Crippen molar-refractivity contribution in [1.82, 2.24) is 15.6 Å². The average molecular weight is 472 g/mol. The van der Waals surface area contributed by atoms with Crippen molar-refractivity contribution in [3.8, 4) is 5.75 Å². The quantitative estimate of drug-likeness (QED) is 0.452. The zero-order valence-corrected chi connectivity index (χ0v) is 19.6. The molecule has 1 heterocycles. The molecule has 0 aliphatic carbocycles. The molecule has 9 heteroatoms. The van der Waals surface area contributed by atoms with E-state index in [-0.39, 0.29) is 26.0 Å². The van der Waals surface area contributed by atoms with Crippen molar-refractivity contribution in [2.45, 2.75) is 12.1 Å². The van der Waals surface area contributed by atoms with E-state index in [4.69, 9.17) is 13.7 Å². The summed E-state index contributed by atoms with van der Waals surface area (Å²) in [6, 6.07) is 24.2. The molecule has 33 heavy (non-hydrogen) atoms. The Morgan fingerprint density at radius 1 is 1.00 bits per heavy atom. The van der Waals surface area contributed by atoms with E-state index in [1.807, 2.05) is 77.7 Å². The predicted octanol–water partition coefficient (Wildman–Crippen LogP) is 2.95. The van der Waals surface area contributed by atoms with E-state index in [1.54, 1.807) is 0 Å². The summed E-state index contributed by atoms with van der Waals surface area (Å²) in [4.78, 5) is 0. The Labute approximate surface area is 194 Å². The monoisotopic (exact) mass is 471 g/mol. The van der Waals surface area contributed by atoms with Crippen LogP contribution in [-0.2, 0) is 19.0 Å². The molecule has 0 saturated carbocycles. The van der Waals surface area contributed by atoms with Crippen LogP contribution in [0, 0.1) is 0 Å². The number of hydrazine groups is 2. The van der Waals surface area contributed by atoms with E-state index in [9.17, 15) is 8.42 Å². The van der Waals surface area contributed by atoms with Gasteiger partial charge in [-0.2, -0.15) is 14.0 Å². The summed E-state index contributed by atoms with van der Waals surface area (Å²) >= 11 is 0. The maximum absolute atomic E-state index is 11.5. The normalized spacial score (nSPS) is 18.5. The van der Waals surface area contributed by atoms with Crippen LogP contribution in [0.4, 0.5) is 0 Å². The summed E-state index contributed by atoms with van der Waals surface area (Å²) in [5.41, 5.74) is 4.47. The van der Waals surface area contributed by atoms with Crippen molar-refractivity contribution in [3.63, 3.8) is 0 Å². The molecule has 1 aliphatic heterocycles. The Kier molecular flexibility index (Phi) is 7.59. The smallest absolute Gasteiger partial charge is 0.264 e. The van der Waals surface area contributed by atoms with Gasteiger partial charge in [0.05, 0.1) is 18.9 Å². The number of ether oxygens (including phenoxy) is 2. The van der Waals surface area contributed by atoms with Gasteiger partial charge in [0, 0.05) is 13.6 Å². The Morgan fingerprint density at radius 2 is 1.73 bits per heavy atom. The van der Waals surface area contributed by atoms with Gasteiger partial charge in [0.1, 0.15) is 25.2 Å². The van der Waals surface area contributed by atoms with Crippen molar-refractivity contribution >= 4 is 20.9 Å². The van der Waals surface area contributed by atoms with Crippen molar-refractivity contribution in [1.29, 1.82) is 0 Å². The van der Waals surface area contributed by atoms with Crippen LogP contribution in [0.3, 0.4) is 0 Å². The van der Waals surface area contributed by atoms with Crippen LogP contribution in [0.1, 0.15) is 11.6 Å². The summed E-state index contributed by atoms with van der Waals surface area (Å²) in [5.74, 6) is 0.685. The molecule has 8 nitrogen and oxygen atoms in total. The van der Waals surface area contributed by atoms with E-state index < -0.39 is 16.2 Å². The van der Waals surface area contributed by atoms with Crippen molar-refractivity contribution in [3.05, 3.63) is 78.4 Å². The molecular formula is C24H29N3O5S. The highest BCUT2D eigenvalue weighted by molar-refractivity contribution is 7.85. The first-order valence-electron chi connectivity index (χ1n) is 10.7. The number of nitrogens with one attached hydrogen (secondary N) is 1. The molecule has 0 radical (unpaired) electrons. The lowest BCUT2D eigenvalue weighted by Gasteiger charge is -2.22. The van der Waals surface area contributed by atoms with E-state index in [1.165, 1.54) is 5.56 Å². The Balaban J connectivity index is 1.36. The van der Waals surface area contributed by atoms with E-state index in [0.717, 1.165) is 17.0 Å². The lowest BCUT2D eigenvalue weighted by Crippen LogP contribution is -2.41. The summed E-state index contributed by atoms with van der Waals surface area (Å²) in [6.45, 7) is 0.982. The average Bonchev–Trinajstić information content (AvgIpc) is 3.18. The molecular weight excluding hydrogens is 442 g/mol. The van der Waals surface area contributed by atoms with Gasteiger partial charge >= 0.3 is 0 Å². The first-order chi connectivity index (χ1) is 15.9. The van der Waals surface area contributed by atoms with Gasteiger partial charge in [-0.3, -0.25) is 4.18 Å². The Morgan fingerprint density at radius 3 is 2.48 bits per heavy atom. The van der Waals surface area contributed by atoms with Crippen molar-refractivity contribution < 1.29 is 22.1 Å². The minimum atomic E-state index is -3.59. The fraction of sp³-hybridized carbons (Fsp3) is 0.333. The molecule has 2 unspecified atom stereocenters. The van der Waals surface area contributed by atoms with E-state index in [2.05, 4.69) is 17.7 Å². The zero-order valence-electron chi connectivity index (χ0n) is 18.8. The van der Waals surface area contributed by atoms with Gasteiger partial charge in [-0.25, -0.2) is 10.0 Å². The third kappa shape index (κ3) is 6.73. The second-order valence-electron chi connectivity index (χ2n) is 8.09. The van der Waals surface area contributed by atoms with Crippen LogP contribution in [0.15, 0.2) is 72.8 Å². The molecule has 0 amide bonds. The summed E-state index contributed by atoms with van der Waals surface area (Å²) in [5, 5.41) is 6.14. The predicted molar refractivity (Wildman–Crippen MR) is 127 cm³/mol. The van der Waals surface area contributed by atoms with Gasteiger partial charge in [0.2, 0.25) is 0 Å². The summed E-state index contributed by atoms with van der Waals surface area (Å²) in [7, 11) is -1.62. The van der Waals surface area contributed by atoms with Gasteiger partial charge < -0.3 is 9.47 Å². The van der Waals surface area contributed by atoms with Crippen LogP contribution in [0.25, 0.3) is 10.8 Å². The fourth-order valence-corrected chi connectivity index (χ4v) is 4.14. The van der Waals surface area contributed by atoms with Gasteiger partial charge in [-0.1, -0.05) is 60.7 Å². The Hall–Kier alpha value is -2.53. The first kappa shape index (κ1) is 23.6. The number of rotatable bonds is 10. The molecule has 4 rings (SSSR count). The van der Waals surface area contributed by atoms with Gasteiger partial charge in [-0.15, -0.1) is 0 Å². The molecule has 0 spiro atoms. The molecule has 0 aromatic heterocycles. The minimum Gasteiger partial charge on any atom is -0.491 e. The molecule has 2 atom stereocenters.